The van der Waals surface area contributed by atoms with E-state index in [1.54, 1.807) is 0 Å². The Kier molecular flexibility index (Phi) is 2.59. The number of allylic oxidation sites excluding steroid dienone is 2. The Morgan fingerprint density at radius 3 is 1.86 bits per heavy atom. The number of hydrogen-bond acceptors (Lipinski definition) is 2. The van der Waals surface area contributed by atoms with Crippen molar-refractivity contribution < 1.29 is 22.8 Å². The van der Waals surface area contributed by atoms with E-state index in [4.69, 9.17) is 0 Å². The molecular formula is C16H12F3NO2. The van der Waals surface area contributed by atoms with Gasteiger partial charge < -0.3 is 0 Å². The first kappa shape index (κ1) is 13.5. The van der Waals surface area contributed by atoms with E-state index in [9.17, 15) is 22.8 Å². The molecule has 1 heterocycles. The zero-order valence-corrected chi connectivity index (χ0v) is 11.4. The zero-order chi connectivity index (χ0) is 15.6. The van der Waals surface area contributed by atoms with Crippen molar-refractivity contribution in [2.75, 3.05) is 4.90 Å². The van der Waals surface area contributed by atoms with E-state index >= 15 is 0 Å². The van der Waals surface area contributed by atoms with Gasteiger partial charge in [0.1, 0.15) is 0 Å². The molecule has 1 aromatic rings. The Hall–Kier alpha value is -2.11. The van der Waals surface area contributed by atoms with Crippen molar-refractivity contribution in [3.8, 4) is 0 Å². The minimum absolute atomic E-state index is 0.0888. The van der Waals surface area contributed by atoms with Crippen molar-refractivity contribution in [3.05, 3.63) is 42.0 Å². The first-order valence-electron chi connectivity index (χ1n) is 7.11. The van der Waals surface area contributed by atoms with Gasteiger partial charge in [0.05, 0.1) is 23.1 Å². The van der Waals surface area contributed by atoms with Crippen LogP contribution in [0.2, 0.25) is 0 Å². The molecule has 3 aliphatic rings. The molecule has 0 N–H and O–H groups in total. The third kappa shape index (κ3) is 1.69. The molecule has 3 nitrogen and oxygen atoms in total. The average molecular weight is 307 g/mol. The van der Waals surface area contributed by atoms with Gasteiger partial charge in [-0.2, -0.15) is 13.2 Å². The van der Waals surface area contributed by atoms with Gasteiger partial charge in [-0.3, -0.25) is 14.5 Å². The fourth-order valence-corrected chi connectivity index (χ4v) is 3.96. The molecule has 0 unspecified atom stereocenters. The number of imide groups is 1. The van der Waals surface area contributed by atoms with Gasteiger partial charge in [0.2, 0.25) is 11.8 Å². The van der Waals surface area contributed by atoms with Crippen LogP contribution in [-0.4, -0.2) is 11.8 Å². The molecule has 0 spiro atoms. The highest BCUT2D eigenvalue weighted by Crippen LogP contribution is 2.53. The maximum atomic E-state index is 12.6. The summed E-state index contributed by atoms with van der Waals surface area (Å²) in [5.74, 6) is -1.08. The number of carbonyl (C=O) groups is 2. The average Bonchev–Trinajstić information content (AvgIpc) is 3.12. The molecule has 2 bridgehead atoms. The molecule has 4 rings (SSSR count). The standard InChI is InChI=1S/C16H12F3NO2/c17-16(18,19)10-3-5-11(6-4-10)20-14(21)12-8-1-2-9(7-8)13(12)15(20)22/h1-6,8-9,12-13H,7H2/t8-,9-,12-,13-/m0/s1. The summed E-state index contributed by atoms with van der Waals surface area (Å²) in [6.07, 6.45) is 0.352. The number of anilines is 1. The summed E-state index contributed by atoms with van der Waals surface area (Å²) in [6, 6.07) is 4.18. The number of halogens is 3. The smallest absolute Gasteiger partial charge is 0.274 e. The maximum absolute atomic E-state index is 12.6. The van der Waals surface area contributed by atoms with E-state index in [0.717, 1.165) is 23.5 Å². The fraction of sp³-hybridized carbons (Fsp3) is 0.375. The minimum Gasteiger partial charge on any atom is -0.274 e. The van der Waals surface area contributed by atoms with Crippen LogP contribution >= 0.6 is 0 Å². The third-order valence-corrected chi connectivity index (χ3v) is 4.92. The van der Waals surface area contributed by atoms with Crippen LogP contribution in [0.15, 0.2) is 36.4 Å². The summed E-state index contributed by atoms with van der Waals surface area (Å²) in [6.45, 7) is 0. The number of amides is 2. The maximum Gasteiger partial charge on any atom is 0.416 e. The summed E-state index contributed by atoms with van der Waals surface area (Å²) in [4.78, 5) is 26.1. The van der Waals surface area contributed by atoms with Crippen LogP contribution < -0.4 is 4.90 Å². The molecular weight excluding hydrogens is 295 g/mol. The van der Waals surface area contributed by atoms with Crippen LogP contribution in [0.3, 0.4) is 0 Å². The van der Waals surface area contributed by atoms with Crippen LogP contribution in [0.1, 0.15) is 12.0 Å². The van der Waals surface area contributed by atoms with Gasteiger partial charge in [0, 0.05) is 0 Å². The Morgan fingerprint density at radius 1 is 0.909 bits per heavy atom. The molecule has 0 aromatic heterocycles. The molecule has 114 valence electrons. The van der Waals surface area contributed by atoms with Gasteiger partial charge in [-0.1, -0.05) is 12.2 Å². The molecule has 6 heteroatoms. The quantitative estimate of drug-likeness (QED) is 0.591. The predicted octanol–water partition coefficient (Wildman–Crippen LogP) is 3.02. The fourth-order valence-electron chi connectivity index (χ4n) is 3.96. The van der Waals surface area contributed by atoms with Crippen molar-refractivity contribution in [1.82, 2.24) is 0 Å². The van der Waals surface area contributed by atoms with Crippen LogP contribution in [0, 0.1) is 23.7 Å². The van der Waals surface area contributed by atoms with Crippen molar-refractivity contribution in [2.45, 2.75) is 12.6 Å². The van der Waals surface area contributed by atoms with Gasteiger partial charge >= 0.3 is 6.18 Å². The molecule has 4 atom stereocenters. The highest BCUT2D eigenvalue weighted by atomic mass is 19.4. The lowest BCUT2D eigenvalue weighted by Gasteiger charge is -2.18. The number of carbonyl (C=O) groups excluding carboxylic acids is 2. The summed E-state index contributed by atoms with van der Waals surface area (Å²) >= 11 is 0. The Labute approximate surface area is 124 Å². The molecule has 2 fully saturated rings. The number of hydrogen-bond donors (Lipinski definition) is 0. The second-order valence-corrected chi connectivity index (χ2v) is 6.06. The van der Waals surface area contributed by atoms with Gasteiger partial charge in [-0.25, -0.2) is 0 Å². The largest absolute Gasteiger partial charge is 0.416 e. The van der Waals surface area contributed by atoms with E-state index in [2.05, 4.69) is 0 Å². The lowest BCUT2D eigenvalue weighted by atomic mass is 9.85. The summed E-state index contributed by atoms with van der Waals surface area (Å²) in [5.41, 5.74) is -0.575. The molecule has 1 saturated heterocycles. The summed E-state index contributed by atoms with van der Waals surface area (Å²) in [5, 5.41) is 0. The highest BCUT2D eigenvalue weighted by Gasteiger charge is 2.59. The third-order valence-electron chi connectivity index (χ3n) is 4.92. The molecule has 2 aliphatic carbocycles. The Morgan fingerprint density at radius 2 is 1.41 bits per heavy atom. The Bertz CT molecular complexity index is 662. The zero-order valence-electron chi connectivity index (χ0n) is 11.4. The second-order valence-electron chi connectivity index (χ2n) is 6.06. The number of alkyl halides is 3. The summed E-state index contributed by atoms with van der Waals surface area (Å²) in [7, 11) is 0. The van der Waals surface area contributed by atoms with E-state index in [-0.39, 0.29) is 41.2 Å². The number of benzene rings is 1. The van der Waals surface area contributed by atoms with Gasteiger partial charge in [-0.05, 0) is 42.5 Å². The molecule has 1 saturated carbocycles. The van der Waals surface area contributed by atoms with Crippen molar-refractivity contribution in [1.29, 1.82) is 0 Å². The first-order chi connectivity index (χ1) is 10.4. The molecule has 22 heavy (non-hydrogen) atoms. The lowest BCUT2D eigenvalue weighted by Crippen LogP contribution is -2.32. The second kappa shape index (κ2) is 4.21. The van der Waals surface area contributed by atoms with E-state index < -0.39 is 11.7 Å². The van der Waals surface area contributed by atoms with Gasteiger partial charge in [-0.15, -0.1) is 0 Å². The topological polar surface area (TPSA) is 37.4 Å². The highest BCUT2D eigenvalue weighted by molar-refractivity contribution is 6.22. The van der Waals surface area contributed by atoms with Gasteiger partial charge in [0.15, 0.2) is 0 Å². The lowest BCUT2D eigenvalue weighted by molar-refractivity contribution is -0.137. The monoisotopic (exact) mass is 307 g/mol. The normalized spacial score (nSPS) is 33.0. The first-order valence-corrected chi connectivity index (χ1v) is 7.11. The minimum atomic E-state index is -4.43. The molecule has 0 radical (unpaired) electrons. The van der Waals surface area contributed by atoms with Gasteiger partial charge in [0.25, 0.3) is 0 Å². The van der Waals surface area contributed by atoms with Crippen LogP contribution in [0.5, 0.6) is 0 Å². The number of fused-ring (bicyclic) bond motifs is 5. The van der Waals surface area contributed by atoms with Crippen LogP contribution in [0.25, 0.3) is 0 Å². The van der Waals surface area contributed by atoms with E-state index in [1.807, 2.05) is 12.2 Å². The number of rotatable bonds is 1. The summed E-state index contributed by atoms with van der Waals surface area (Å²) < 4.78 is 37.8. The van der Waals surface area contributed by atoms with E-state index in [1.165, 1.54) is 12.1 Å². The molecule has 2 amide bonds. The van der Waals surface area contributed by atoms with Crippen LogP contribution in [-0.2, 0) is 15.8 Å². The van der Waals surface area contributed by atoms with Crippen LogP contribution in [0.4, 0.5) is 18.9 Å². The SMILES string of the molecule is O=C1[C@@H]2[C@@H](C(=O)N1c1ccc(C(F)(F)F)cc1)[C@H]1C=C[C@H]2C1. The predicted molar refractivity (Wildman–Crippen MR) is 71.7 cm³/mol. The van der Waals surface area contributed by atoms with Crippen molar-refractivity contribution >= 4 is 17.5 Å². The van der Waals surface area contributed by atoms with E-state index in [0.29, 0.717) is 0 Å². The number of nitrogens with zero attached hydrogens (tertiary/aromatic N) is 1. The van der Waals surface area contributed by atoms with Crippen molar-refractivity contribution in [3.63, 3.8) is 0 Å². The van der Waals surface area contributed by atoms with Crippen molar-refractivity contribution in [2.24, 2.45) is 23.7 Å². The molecule has 1 aliphatic heterocycles. The Balaban J connectivity index is 1.67. The molecule has 1 aromatic carbocycles.